The molecular weight excluding hydrogens is 328 g/mol. The molecule has 0 amide bonds. The van der Waals surface area contributed by atoms with E-state index in [4.69, 9.17) is 23.2 Å². The van der Waals surface area contributed by atoms with Crippen molar-refractivity contribution in [2.45, 2.75) is 6.18 Å². The average Bonchev–Trinajstić information content (AvgIpc) is 2.36. The summed E-state index contributed by atoms with van der Waals surface area (Å²) in [6.07, 6.45) is -4.57. The highest BCUT2D eigenvalue weighted by atomic mass is 35.5. The van der Waals surface area contributed by atoms with Gasteiger partial charge in [-0.25, -0.2) is 4.98 Å². The topological polar surface area (TPSA) is 49.8 Å². The zero-order chi connectivity index (χ0) is 15.6. The molecule has 1 aromatic heterocycles. The molecule has 1 aromatic carbocycles. The van der Waals surface area contributed by atoms with Crippen molar-refractivity contribution in [2.24, 2.45) is 0 Å². The number of hydrogen-bond donors (Lipinski definition) is 2. The number of alkyl halides is 3. The molecule has 2 aromatic rings. The first-order valence-electron chi connectivity index (χ1n) is 5.65. The van der Waals surface area contributed by atoms with Gasteiger partial charge in [-0.05, 0) is 18.2 Å². The van der Waals surface area contributed by atoms with Crippen molar-refractivity contribution in [1.29, 1.82) is 0 Å². The summed E-state index contributed by atoms with van der Waals surface area (Å²) >= 11 is 11.7. The molecule has 0 saturated heterocycles. The molecule has 9 heteroatoms. The predicted molar refractivity (Wildman–Crippen MR) is 76.3 cm³/mol. The fourth-order valence-electron chi connectivity index (χ4n) is 1.54. The van der Waals surface area contributed by atoms with Gasteiger partial charge in [0.15, 0.2) is 5.69 Å². The SMILES string of the molecule is CNc1nc(Nc2cc(Cl)cc(Cl)c2)cc(C(F)(F)F)n1. The number of nitrogens with zero attached hydrogens (tertiary/aromatic N) is 2. The van der Waals surface area contributed by atoms with Gasteiger partial charge in [-0.15, -0.1) is 0 Å². The first-order valence-corrected chi connectivity index (χ1v) is 6.40. The highest BCUT2D eigenvalue weighted by Crippen LogP contribution is 2.31. The number of halogens is 5. The van der Waals surface area contributed by atoms with Crippen LogP contribution in [0.15, 0.2) is 24.3 Å². The van der Waals surface area contributed by atoms with Gasteiger partial charge in [-0.2, -0.15) is 18.2 Å². The number of nitrogens with one attached hydrogen (secondary N) is 2. The van der Waals surface area contributed by atoms with E-state index in [0.717, 1.165) is 6.07 Å². The normalized spacial score (nSPS) is 11.3. The van der Waals surface area contributed by atoms with Gasteiger partial charge in [0, 0.05) is 28.8 Å². The van der Waals surface area contributed by atoms with Crippen molar-refractivity contribution < 1.29 is 13.2 Å². The number of rotatable bonds is 3. The van der Waals surface area contributed by atoms with Crippen LogP contribution >= 0.6 is 23.2 Å². The second kappa shape index (κ2) is 5.95. The molecule has 0 radical (unpaired) electrons. The molecule has 0 atom stereocenters. The molecule has 0 saturated carbocycles. The van der Waals surface area contributed by atoms with Gasteiger partial charge in [0.25, 0.3) is 0 Å². The van der Waals surface area contributed by atoms with Gasteiger partial charge >= 0.3 is 6.18 Å². The lowest BCUT2D eigenvalue weighted by atomic mass is 10.3. The van der Waals surface area contributed by atoms with E-state index in [1.54, 1.807) is 0 Å². The molecule has 1 heterocycles. The maximum absolute atomic E-state index is 12.8. The van der Waals surface area contributed by atoms with E-state index < -0.39 is 11.9 Å². The van der Waals surface area contributed by atoms with Crippen LogP contribution in [0, 0.1) is 0 Å². The standard InChI is InChI=1S/C12H9Cl2F3N4/c1-18-11-20-9(12(15,16)17)5-10(21-11)19-8-3-6(13)2-7(14)4-8/h2-5H,1H3,(H2,18,19,20,21). The predicted octanol–water partition coefficient (Wildman–Crippen LogP) is 4.59. The Bertz CT molecular complexity index is 641. The van der Waals surface area contributed by atoms with Crippen LogP contribution in [0.1, 0.15) is 5.69 Å². The third kappa shape index (κ3) is 4.12. The fraction of sp³-hybridized carbons (Fsp3) is 0.167. The molecular formula is C12H9Cl2F3N4. The van der Waals surface area contributed by atoms with E-state index in [-0.39, 0.29) is 11.8 Å². The maximum atomic E-state index is 12.8. The van der Waals surface area contributed by atoms with Crippen LogP contribution in [-0.4, -0.2) is 17.0 Å². The molecule has 2 N–H and O–H groups in total. The van der Waals surface area contributed by atoms with Crippen molar-refractivity contribution in [1.82, 2.24) is 9.97 Å². The Kier molecular flexibility index (Phi) is 4.43. The largest absolute Gasteiger partial charge is 0.433 e. The molecule has 0 bridgehead atoms. The Morgan fingerprint density at radius 2 is 1.62 bits per heavy atom. The Hall–Kier alpha value is -1.73. The van der Waals surface area contributed by atoms with Crippen LogP contribution in [0.4, 0.5) is 30.6 Å². The van der Waals surface area contributed by atoms with Gasteiger partial charge in [0.1, 0.15) is 5.82 Å². The van der Waals surface area contributed by atoms with Crippen molar-refractivity contribution >= 4 is 40.7 Å². The van der Waals surface area contributed by atoms with Crippen molar-refractivity contribution in [2.75, 3.05) is 17.7 Å². The Morgan fingerprint density at radius 1 is 1.00 bits per heavy atom. The quantitative estimate of drug-likeness (QED) is 0.860. The van der Waals surface area contributed by atoms with Gasteiger partial charge in [0.05, 0.1) is 0 Å². The van der Waals surface area contributed by atoms with Gasteiger partial charge in [-0.3, -0.25) is 0 Å². The molecule has 0 spiro atoms. The summed E-state index contributed by atoms with van der Waals surface area (Å²) < 4.78 is 38.3. The minimum Gasteiger partial charge on any atom is -0.357 e. The second-order valence-corrected chi connectivity index (χ2v) is 4.87. The summed E-state index contributed by atoms with van der Waals surface area (Å²) in [5.41, 5.74) is -0.640. The lowest BCUT2D eigenvalue weighted by Gasteiger charge is -2.12. The number of aromatic nitrogens is 2. The molecule has 0 fully saturated rings. The summed E-state index contributed by atoms with van der Waals surface area (Å²) in [6.45, 7) is 0. The fourth-order valence-corrected chi connectivity index (χ4v) is 2.07. The lowest BCUT2D eigenvalue weighted by molar-refractivity contribution is -0.141. The van der Waals surface area contributed by atoms with Crippen LogP contribution in [0.2, 0.25) is 10.0 Å². The molecule has 112 valence electrons. The smallest absolute Gasteiger partial charge is 0.357 e. The second-order valence-electron chi connectivity index (χ2n) is 3.99. The van der Waals surface area contributed by atoms with Crippen LogP contribution in [0.25, 0.3) is 0 Å². The third-order valence-corrected chi connectivity index (χ3v) is 2.81. The summed E-state index contributed by atoms with van der Waals surface area (Å²) in [6, 6.07) is 5.34. The monoisotopic (exact) mass is 336 g/mol. The van der Waals surface area contributed by atoms with E-state index in [9.17, 15) is 13.2 Å². The van der Waals surface area contributed by atoms with Crippen LogP contribution in [0.5, 0.6) is 0 Å². The summed E-state index contributed by atoms with van der Waals surface area (Å²) in [4.78, 5) is 7.26. The maximum Gasteiger partial charge on any atom is 0.433 e. The van der Waals surface area contributed by atoms with Crippen molar-refractivity contribution in [3.05, 3.63) is 40.0 Å². The van der Waals surface area contributed by atoms with Crippen LogP contribution in [0.3, 0.4) is 0 Å². The Balaban J connectivity index is 2.39. The van der Waals surface area contributed by atoms with Crippen molar-refractivity contribution in [3.63, 3.8) is 0 Å². The molecule has 4 nitrogen and oxygen atoms in total. The molecule has 0 aliphatic carbocycles. The number of benzene rings is 1. The van der Waals surface area contributed by atoms with E-state index in [1.165, 1.54) is 25.2 Å². The Morgan fingerprint density at radius 3 is 2.14 bits per heavy atom. The minimum absolute atomic E-state index is 0.0278. The van der Waals surface area contributed by atoms with E-state index in [2.05, 4.69) is 20.6 Å². The number of anilines is 3. The first-order chi connectivity index (χ1) is 9.77. The molecule has 0 aliphatic heterocycles. The molecule has 2 rings (SSSR count). The zero-order valence-electron chi connectivity index (χ0n) is 10.6. The first kappa shape index (κ1) is 15.7. The number of hydrogen-bond acceptors (Lipinski definition) is 4. The minimum atomic E-state index is -4.57. The van der Waals surface area contributed by atoms with Gasteiger partial charge < -0.3 is 10.6 Å². The Labute approximate surface area is 128 Å². The van der Waals surface area contributed by atoms with E-state index >= 15 is 0 Å². The molecule has 0 aliphatic rings. The average molecular weight is 337 g/mol. The zero-order valence-corrected chi connectivity index (χ0v) is 12.1. The molecule has 21 heavy (non-hydrogen) atoms. The summed E-state index contributed by atoms with van der Waals surface area (Å²) in [5.74, 6) is -0.180. The molecule has 0 unspecified atom stereocenters. The van der Waals surface area contributed by atoms with E-state index in [1.807, 2.05) is 0 Å². The van der Waals surface area contributed by atoms with Crippen molar-refractivity contribution in [3.8, 4) is 0 Å². The summed E-state index contributed by atoms with van der Waals surface area (Å²) in [7, 11) is 1.43. The summed E-state index contributed by atoms with van der Waals surface area (Å²) in [5, 5.41) is 5.89. The highest BCUT2D eigenvalue weighted by molar-refractivity contribution is 6.35. The van der Waals surface area contributed by atoms with Gasteiger partial charge in [0.2, 0.25) is 5.95 Å². The van der Waals surface area contributed by atoms with Crippen LogP contribution < -0.4 is 10.6 Å². The van der Waals surface area contributed by atoms with Gasteiger partial charge in [-0.1, -0.05) is 23.2 Å². The highest BCUT2D eigenvalue weighted by Gasteiger charge is 2.33. The lowest BCUT2D eigenvalue weighted by Crippen LogP contribution is -2.12. The van der Waals surface area contributed by atoms with E-state index in [0.29, 0.717) is 15.7 Å². The van der Waals surface area contributed by atoms with Crippen LogP contribution in [-0.2, 0) is 6.18 Å². The third-order valence-electron chi connectivity index (χ3n) is 2.38.